The van der Waals surface area contributed by atoms with Gasteiger partial charge >= 0.3 is 17.9 Å². The fraction of sp³-hybridized carbons (Fsp3) is 0.343. The first-order valence-corrected chi connectivity index (χ1v) is 15.3. The van der Waals surface area contributed by atoms with Crippen LogP contribution in [0.25, 0.3) is 10.6 Å². The van der Waals surface area contributed by atoms with Gasteiger partial charge in [-0.3, -0.25) is 9.59 Å². The molecule has 0 unspecified atom stereocenters. The molecule has 0 aliphatic carbocycles. The molecule has 4 N–H and O–H groups in total. The quantitative estimate of drug-likeness (QED) is 0.119. The number of unbranched alkanes of at least 4 members (excludes halogenated alkanes) is 1. The Labute approximate surface area is 268 Å². The van der Waals surface area contributed by atoms with Crippen molar-refractivity contribution in [1.29, 1.82) is 0 Å². The number of hydrogen-bond donors (Lipinski definition) is 4. The fourth-order valence-corrected chi connectivity index (χ4v) is 5.34. The number of carboxylic acid groups (broad SMARTS) is 3. The predicted molar refractivity (Wildman–Crippen MR) is 173 cm³/mol. The van der Waals surface area contributed by atoms with Crippen molar-refractivity contribution >= 4 is 40.1 Å². The van der Waals surface area contributed by atoms with E-state index < -0.39 is 36.4 Å². The van der Waals surface area contributed by atoms with Gasteiger partial charge in [-0.15, -0.1) is 0 Å². The Hall–Kier alpha value is -4.18. The summed E-state index contributed by atoms with van der Waals surface area (Å²) in [5.74, 6) is -4.11. The van der Waals surface area contributed by atoms with Crippen molar-refractivity contribution in [2.75, 3.05) is 26.2 Å². The highest BCUT2D eigenvalue weighted by Crippen LogP contribution is 2.35. The van der Waals surface area contributed by atoms with Gasteiger partial charge in [0.2, 0.25) is 0 Å². The van der Waals surface area contributed by atoms with Gasteiger partial charge in [0.15, 0.2) is 5.60 Å². The molecule has 1 fully saturated rings. The molecule has 3 aromatic carbocycles. The highest BCUT2D eigenvalue weighted by atomic mass is 35.5. The Balaban J connectivity index is 0.000000360. The van der Waals surface area contributed by atoms with Gasteiger partial charge in [0.05, 0.1) is 24.5 Å². The first-order chi connectivity index (χ1) is 21.6. The first kappa shape index (κ1) is 35.3. The molecule has 0 bridgehead atoms. The van der Waals surface area contributed by atoms with E-state index in [-0.39, 0.29) is 0 Å². The van der Waals surface area contributed by atoms with Crippen LogP contribution in [0.15, 0.2) is 84.9 Å². The molecule has 1 aliphatic heterocycles. The minimum atomic E-state index is -2.74. The largest absolute Gasteiger partial charge is 0.494 e. The summed E-state index contributed by atoms with van der Waals surface area (Å²) < 4.78 is 6.01. The van der Waals surface area contributed by atoms with Gasteiger partial charge in [0, 0.05) is 5.57 Å². The third-order valence-corrected chi connectivity index (χ3v) is 7.73. The lowest BCUT2D eigenvalue weighted by Gasteiger charge is -2.26. The van der Waals surface area contributed by atoms with Gasteiger partial charge in [-0.1, -0.05) is 90.8 Å². The molecular formula is C35H40ClNO8. The van der Waals surface area contributed by atoms with Crippen molar-refractivity contribution in [3.63, 3.8) is 0 Å². The number of carboxylic acids is 3. The molecule has 0 radical (unpaired) electrons. The Kier molecular flexibility index (Phi) is 14.1. The zero-order valence-corrected chi connectivity index (χ0v) is 25.9. The second kappa shape index (κ2) is 17.9. The van der Waals surface area contributed by atoms with Crippen molar-refractivity contribution in [1.82, 2.24) is 4.90 Å². The maximum atomic E-state index is 10.3. The monoisotopic (exact) mass is 637 g/mol. The van der Waals surface area contributed by atoms with Gasteiger partial charge in [0.1, 0.15) is 5.75 Å². The third-order valence-electron chi connectivity index (χ3n) is 7.32. The highest BCUT2D eigenvalue weighted by Gasteiger charge is 2.40. The molecule has 3 aromatic rings. The van der Waals surface area contributed by atoms with E-state index in [4.69, 9.17) is 36.8 Å². The Morgan fingerprint density at radius 1 is 0.711 bits per heavy atom. The molecule has 0 amide bonds. The van der Waals surface area contributed by atoms with Crippen LogP contribution in [0.4, 0.5) is 0 Å². The van der Waals surface area contributed by atoms with Crippen LogP contribution >= 0.6 is 11.6 Å². The van der Waals surface area contributed by atoms with Gasteiger partial charge in [0.25, 0.3) is 0 Å². The minimum Gasteiger partial charge on any atom is -0.494 e. The van der Waals surface area contributed by atoms with E-state index in [1.807, 2.05) is 48.5 Å². The number of benzene rings is 3. The normalized spacial score (nSPS) is 14.0. The zero-order valence-electron chi connectivity index (χ0n) is 25.1. The molecule has 0 saturated carbocycles. The number of rotatable bonds is 14. The van der Waals surface area contributed by atoms with Crippen LogP contribution in [-0.2, 0) is 14.4 Å². The van der Waals surface area contributed by atoms with Crippen LogP contribution in [0, 0.1) is 0 Å². The van der Waals surface area contributed by atoms with E-state index in [2.05, 4.69) is 41.3 Å². The first-order valence-electron chi connectivity index (χ1n) is 14.9. The predicted octanol–water partition coefficient (Wildman–Crippen LogP) is 6.24. The van der Waals surface area contributed by atoms with E-state index >= 15 is 0 Å². The van der Waals surface area contributed by atoms with Crippen LogP contribution in [0.2, 0.25) is 0 Å². The Morgan fingerprint density at radius 2 is 1.22 bits per heavy atom. The summed E-state index contributed by atoms with van der Waals surface area (Å²) in [6.07, 6.45) is 4.11. The lowest BCUT2D eigenvalue weighted by Crippen LogP contribution is -2.42. The molecule has 4 rings (SSSR count). The van der Waals surface area contributed by atoms with Crippen molar-refractivity contribution in [3.05, 3.63) is 102 Å². The molecule has 1 heterocycles. The molecule has 9 nitrogen and oxygen atoms in total. The van der Waals surface area contributed by atoms with Crippen molar-refractivity contribution in [2.45, 2.75) is 50.5 Å². The van der Waals surface area contributed by atoms with Gasteiger partial charge in [-0.05, 0) is 74.1 Å². The zero-order chi connectivity index (χ0) is 32.7. The molecule has 0 spiro atoms. The average molecular weight is 638 g/mol. The molecule has 0 aromatic heterocycles. The summed E-state index contributed by atoms with van der Waals surface area (Å²) in [7, 11) is 0. The van der Waals surface area contributed by atoms with Crippen molar-refractivity contribution in [2.24, 2.45) is 0 Å². The number of aliphatic hydroxyl groups is 1. The SMILES string of the molecule is ClC(=C(c1ccccc1)c1ccc(OCCCCN2CCCCC2)cc1)c1ccccc1.O=C(O)CC(O)(CC(=O)O)C(=O)O. The smallest absolute Gasteiger partial charge is 0.336 e. The lowest BCUT2D eigenvalue weighted by atomic mass is 9.95. The number of halogens is 1. The summed E-state index contributed by atoms with van der Waals surface area (Å²) in [4.78, 5) is 33.1. The standard InChI is InChI=1S/C29H32ClNO.C6H8O7/c30-29(26-14-6-2-7-15-26)28(24-12-4-1-5-13-24)25-16-18-27(19-17-25)32-23-11-10-22-31-20-8-3-9-21-31;7-3(8)1-6(13,5(11)12)2-4(9)10/h1-2,4-7,12-19H,3,8-11,20-23H2;13H,1-2H2,(H,7,8)(H,9,10)(H,11,12). The number of likely N-dealkylation sites (tertiary alicyclic amines) is 1. The third kappa shape index (κ3) is 11.7. The minimum absolute atomic E-state index is 0.753. The number of aliphatic carboxylic acids is 3. The molecule has 45 heavy (non-hydrogen) atoms. The van der Waals surface area contributed by atoms with Crippen LogP contribution in [-0.4, -0.2) is 75.1 Å². The van der Waals surface area contributed by atoms with E-state index in [9.17, 15) is 14.4 Å². The van der Waals surface area contributed by atoms with Crippen LogP contribution < -0.4 is 4.74 Å². The van der Waals surface area contributed by atoms with Crippen LogP contribution in [0.1, 0.15) is 61.6 Å². The Bertz CT molecular complexity index is 1390. The average Bonchev–Trinajstić information content (AvgIpc) is 3.02. The maximum absolute atomic E-state index is 10.3. The van der Waals surface area contributed by atoms with Gasteiger partial charge in [-0.2, -0.15) is 0 Å². The summed E-state index contributed by atoms with van der Waals surface area (Å²) in [6, 6.07) is 28.8. The molecule has 1 saturated heterocycles. The summed E-state index contributed by atoms with van der Waals surface area (Å²) in [5, 5.41) is 34.6. The summed E-state index contributed by atoms with van der Waals surface area (Å²) in [5.41, 5.74) is 1.50. The van der Waals surface area contributed by atoms with Crippen molar-refractivity contribution < 1.29 is 39.5 Å². The molecule has 1 aliphatic rings. The second-order valence-electron chi connectivity index (χ2n) is 10.9. The van der Waals surface area contributed by atoms with Crippen molar-refractivity contribution in [3.8, 4) is 5.75 Å². The number of nitrogens with zero attached hydrogens (tertiary/aromatic N) is 1. The second-order valence-corrected chi connectivity index (χ2v) is 11.3. The molecule has 240 valence electrons. The number of piperidine rings is 1. The Morgan fingerprint density at radius 3 is 1.73 bits per heavy atom. The van der Waals surface area contributed by atoms with Gasteiger partial charge in [-0.25, -0.2) is 4.79 Å². The van der Waals surface area contributed by atoms with Crippen LogP contribution in [0.5, 0.6) is 5.75 Å². The summed E-state index contributed by atoms with van der Waals surface area (Å²) in [6.45, 7) is 4.50. The van der Waals surface area contributed by atoms with E-state index in [0.29, 0.717) is 0 Å². The van der Waals surface area contributed by atoms with E-state index in [0.717, 1.165) is 46.1 Å². The number of ether oxygens (including phenoxy) is 1. The lowest BCUT2D eigenvalue weighted by molar-refractivity contribution is -0.170. The van der Waals surface area contributed by atoms with E-state index in [1.165, 1.54) is 45.3 Å². The topological polar surface area (TPSA) is 145 Å². The molecule has 0 atom stereocenters. The molecular weight excluding hydrogens is 598 g/mol. The van der Waals surface area contributed by atoms with Crippen LogP contribution in [0.3, 0.4) is 0 Å². The highest BCUT2D eigenvalue weighted by molar-refractivity contribution is 6.53. The van der Waals surface area contributed by atoms with Gasteiger partial charge < -0.3 is 30.1 Å². The molecule has 10 heteroatoms. The maximum Gasteiger partial charge on any atom is 0.336 e. The number of hydrogen-bond acceptors (Lipinski definition) is 6. The fourth-order valence-electron chi connectivity index (χ4n) is 5.00. The number of carbonyl (C=O) groups is 3. The van der Waals surface area contributed by atoms with E-state index in [1.54, 1.807) is 0 Å². The summed E-state index contributed by atoms with van der Waals surface area (Å²) >= 11 is 6.91.